The molecule has 0 unspecified atom stereocenters. The van der Waals surface area contributed by atoms with Crippen molar-refractivity contribution in [3.05, 3.63) is 89.7 Å². The Morgan fingerprint density at radius 2 is 1.62 bits per heavy atom. The van der Waals surface area contributed by atoms with Crippen molar-refractivity contribution in [1.29, 1.82) is 0 Å². The molecule has 0 aromatic heterocycles. The quantitative estimate of drug-likeness (QED) is 0.434. The van der Waals surface area contributed by atoms with E-state index in [0.717, 1.165) is 36.4 Å². The molecule has 3 aromatic rings. The number of amides is 1. The molecule has 4 rings (SSSR count). The van der Waals surface area contributed by atoms with E-state index in [4.69, 9.17) is 0 Å². The van der Waals surface area contributed by atoms with Crippen molar-refractivity contribution in [2.24, 2.45) is 0 Å². The highest BCUT2D eigenvalue weighted by Crippen LogP contribution is 2.36. The van der Waals surface area contributed by atoms with Gasteiger partial charge in [-0.3, -0.25) is 4.79 Å². The lowest BCUT2D eigenvalue weighted by Gasteiger charge is -2.22. The first-order valence-electron chi connectivity index (χ1n) is 11.0. The van der Waals surface area contributed by atoms with Gasteiger partial charge in [-0.1, -0.05) is 30.3 Å². The number of sulfonamides is 1. The normalized spacial score (nSPS) is 18.1. The highest BCUT2D eigenvalue weighted by Gasteiger charge is 2.52. The van der Waals surface area contributed by atoms with Gasteiger partial charge in [0.2, 0.25) is 15.9 Å². The molecule has 1 amide bonds. The molecule has 196 valence electrons. The number of hydrogen-bond donors (Lipinski definition) is 1. The molecule has 1 N–H and O–H groups in total. The van der Waals surface area contributed by atoms with Crippen LogP contribution >= 0.6 is 0 Å². The third kappa shape index (κ3) is 5.96. The molecule has 1 saturated heterocycles. The Bertz CT molecular complexity index is 1390. The van der Waals surface area contributed by atoms with Crippen LogP contribution in [0.15, 0.2) is 77.7 Å². The second-order valence-corrected chi connectivity index (χ2v) is 10.5. The lowest BCUT2D eigenvalue weighted by atomic mass is 10.0. The Kier molecular flexibility index (Phi) is 7.08. The van der Waals surface area contributed by atoms with Crippen molar-refractivity contribution in [1.82, 2.24) is 9.62 Å². The monoisotopic (exact) mass is 542 g/mol. The number of nitrogens with one attached hydrogen (secondary N) is 1. The highest BCUT2D eigenvalue weighted by atomic mass is 32.2. The molecule has 0 aliphatic carbocycles. The van der Waals surface area contributed by atoms with Gasteiger partial charge < -0.3 is 5.32 Å². The van der Waals surface area contributed by atoms with Gasteiger partial charge in [-0.05, 0) is 59.2 Å². The van der Waals surface area contributed by atoms with Crippen molar-refractivity contribution >= 4 is 15.9 Å². The van der Waals surface area contributed by atoms with Crippen molar-refractivity contribution in [3.63, 3.8) is 0 Å². The Labute approximate surface area is 208 Å². The Morgan fingerprint density at radius 1 is 0.973 bits per heavy atom. The summed E-state index contributed by atoms with van der Waals surface area (Å²) in [5.41, 5.74) is 0.776. The summed E-state index contributed by atoms with van der Waals surface area (Å²) >= 11 is 0. The molecule has 3 aromatic carbocycles. The van der Waals surface area contributed by atoms with Crippen molar-refractivity contribution in [3.8, 4) is 11.1 Å². The summed E-state index contributed by atoms with van der Waals surface area (Å²) in [5.74, 6) is -5.10. The maximum absolute atomic E-state index is 14.2. The molecular weight excluding hydrogens is 522 g/mol. The van der Waals surface area contributed by atoms with Crippen LogP contribution < -0.4 is 5.32 Å². The van der Waals surface area contributed by atoms with Crippen LogP contribution in [0, 0.1) is 5.82 Å². The van der Waals surface area contributed by atoms with Gasteiger partial charge in [-0.2, -0.15) is 17.5 Å². The summed E-state index contributed by atoms with van der Waals surface area (Å²) in [4.78, 5) is 12.4. The highest BCUT2D eigenvalue weighted by molar-refractivity contribution is 7.89. The van der Waals surface area contributed by atoms with Gasteiger partial charge in [0.25, 0.3) is 5.92 Å². The Morgan fingerprint density at radius 3 is 2.24 bits per heavy atom. The van der Waals surface area contributed by atoms with Gasteiger partial charge in [0.05, 0.1) is 17.0 Å². The zero-order valence-electron chi connectivity index (χ0n) is 19.0. The van der Waals surface area contributed by atoms with Crippen LogP contribution in [0.3, 0.4) is 0 Å². The smallest absolute Gasteiger partial charge is 0.351 e. The Balaban J connectivity index is 1.49. The van der Waals surface area contributed by atoms with Crippen LogP contribution in [0.25, 0.3) is 11.1 Å². The molecule has 5 nitrogen and oxygen atoms in total. The largest absolute Gasteiger partial charge is 0.416 e. The fourth-order valence-corrected chi connectivity index (χ4v) is 5.64. The number of benzene rings is 3. The van der Waals surface area contributed by atoms with Crippen LogP contribution in [0.2, 0.25) is 0 Å². The average molecular weight is 543 g/mol. The molecule has 1 atom stereocenters. The van der Waals surface area contributed by atoms with E-state index in [9.17, 15) is 39.6 Å². The van der Waals surface area contributed by atoms with Gasteiger partial charge in [0, 0.05) is 13.0 Å². The molecule has 12 heteroatoms. The molecule has 1 aliphatic heterocycles. The Hall–Kier alpha value is -3.38. The molecule has 1 fully saturated rings. The first-order chi connectivity index (χ1) is 17.3. The number of alkyl halides is 5. The summed E-state index contributed by atoms with van der Waals surface area (Å²) in [5, 5.41) is 2.46. The number of nitrogens with zero attached hydrogens (tertiary/aromatic N) is 1. The number of carbonyl (C=O) groups is 1. The first-order valence-corrected chi connectivity index (χ1v) is 12.4. The van der Waals surface area contributed by atoms with E-state index in [0.29, 0.717) is 21.0 Å². The molecule has 37 heavy (non-hydrogen) atoms. The lowest BCUT2D eigenvalue weighted by molar-refractivity contribution is -0.137. The number of carbonyl (C=O) groups excluding carboxylic acids is 1. The second kappa shape index (κ2) is 9.82. The van der Waals surface area contributed by atoms with E-state index in [1.165, 1.54) is 12.1 Å². The predicted molar refractivity (Wildman–Crippen MR) is 122 cm³/mol. The van der Waals surface area contributed by atoms with Crippen molar-refractivity contribution in [2.75, 3.05) is 6.54 Å². The SMILES string of the molecule is O=C(NCc1cccc(-c2ccc(C(F)(F)F)cc2)c1)[C@@H]1CC(F)(F)CN1S(=O)(=O)c1ccc(F)cc1. The van der Waals surface area contributed by atoms with Crippen LogP contribution in [0.4, 0.5) is 26.3 Å². The van der Waals surface area contributed by atoms with Crippen molar-refractivity contribution in [2.45, 2.75) is 36.0 Å². The zero-order valence-corrected chi connectivity index (χ0v) is 19.8. The zero-order chi connectivity index (χ0) is 27.0. The summed E-state index contributed by atoms with van der Waals surface area (Å²) in [6.45, 7) is -1.34. The number of rotatable bonds is 6. The van der Waals surface area contributed by atoms with Gasteiger partial charge in [-0.25, -0.2) is 21.6 Å². The topological polar surface area (TPSA) is 66.5 Å². The molecule has 0 radical (unpaired) electrons. The minimum Gasteiger partial charge on any atom is -0.351 e. The number of halogens is 6. The average Bonchev–Trinajstić information content (AvgIpc) is 3.19. The summed E-state index contributed by atoms with van der Waals surface area (Å²) in [7, 11) is -4.51. The van der Waals surface area contributed by atoms with E-state index in [2.05, 4.69) is 5.32 Å². The fraction of sp³-hybridized carbons (Fsp3) is 0.240. The van der Waals surface area contributed by atoms with E-state index < -0.39 is 63.3 Å². The van der Waals surface area contributed by atoms with E-state index in [1.807, 2.05) is 0 Å². The van der Waals surface area contributed by atoms with Crippen LogP contribution in [0.5, 0.6) is 0 Å². The molecule has 0 spiro atoms. The minimum absolute atomic E-state index is 0.139. The van der Waals surface area contributed by atoms with E-state index in [-0.39, 0.29) is 6.54 Å². The molecule has 1 aliphatic rings. The van der Waals surface area contributed by atoms with Gasteiger partial charge in [-0.15, -0.1) is 0 Å². The molecule has 1 heterocycles. The maximum atomic E-state index is 14.2. The van der Waals surface area contributed by atoms with Crippen molar-refractivity contribution < 1.29 is 39.6 Å². The van der Waals surface area contributed by atoms with Gasteiger partial charge in [0.1, 0.15) is 11.9 Å². The van der Waals surface area contributed by atoms with E-state index >= 15 is 0 Å². The first kappa shape index (κ1) is 26.7. The van der Waals surface area contributed by atoms with Gasteiger partial charge in [0.15, 0.2) is 0 Å². The van der Waals surface area contributed by atoms with Crippen LogP contribution in [-0.4, -0.2) is 37.1 Å². The molecule has 0 saturated carbocycles. The van der Waals surface area contributed by atoms with E-state index in [1.54, 1.807) is 24.3 Å². The summed E-state index contributed by atoms with van der Waals surface area (Å²) in [6.07, 6.45) is -5.50. The molecular formula is C25H20F6N2O3S. The fourth-order valence-electron chi connectivity index (χ4n) is 4.02. The lowest BCUT2D eigenvalue weighted by Crippen LogP contribution is -2.45. The van der Waals surface area contributed by atoms with Crippen LogP contribution in [-0.2, 0) is 27.5 Å². The standard InChI is InChI=1S/C25H20F6N2O3S/c26-20-8-10-21(11-9-20)37(35,36)33-15-24(27,28)13-22(33)23(34)32-14-16-2-1-3-18(12-16)17-4-6-19(7-5-17)25(29,30)31/h1-12,22H,13-15H2,(H,32,34)/t22-/m0/s1. The third-order valence-electron chi connectivity index (χ3n) is 5.89. The minimum atomic E-state index is -4.51. The predicted octanol–water partition coefficient (Wildman–Crippen LogP) is 5.23. The second-order valence-electron chi connectivity index (χ2n) is 8.57. The van der Waals surface area contributed by atoms with Crippen LogP contribution in [0.1, 0.15) is 17.5 Å². The van der Waals surface area contributed by atoms with Gasteiger partial charge >= 0.3 is 6.18 Å². The maximum Gasteiger partial charge on any atom is 0.416 e. The number of hydrogen-bond acceptors (Lipinski definition) is 3. The molecule has 0 bridgehead atoms. The third-order valence-corrected chi connectivity index (χ3v) is 7.76. The summed E-state index contributed by atoms with van der Waals surface area (Å²) < 4.78 is 106. The summed E-state index contributed by atoms with van der Waals surface area (Å²) in [6, 6.07) is 12.9.